The van der Waals surface area contributed by atoms with E-state index in [1.165, 1.54) is 31.3 Å². The number of hydrogen-bond donors (Lipinski definition) is 2. The Morgan fingerprint density at radius 1 is 1.21 bits per heavy atom. The molecule has 0 aliphatic heterocycles. The van der Waals surface area contributed by atoms with Gasteiger partial charge in [-0.3, -0.25) is 4.79 Å². The van der Waals surface area contributed by atoms with Crippen LogP contribution in [0.25, 0.3) is 0 Å². The molecule has 0 bridgehead atoms. The van der Waals surface area contributed by atoms with Crippen molar-refractivity contribution in [2.24, 2.45) is 11.8 Å². The molecule has 4 nitrogen and oxygen atoms in total. The lowest BCUT2D eigenvalue weighted by atomic mass is 9.88. The Hall–Kier alpha value is -0.913. The number of allylic oxidation sites excluding steroid dienone is 2. The van der Waals surface area contributed by atoms with E-state index >= 15 is 0 Å². The second-order valence-corrected chi connectivity index (χ2v) is 16.4. The van der Waals surface area contributed by atoms with Gasteiger partial charge in [0, 0.05) is 18.4 Å². The first-order valence-electron chi connectivity index (χ1n) is 13.3. The zero-order valence-corrected chi connectivity index (χ0v) is 23.5. The highest BCUT2D eigenvalue weighted by Crippen LogP contribution is 2.40. The molecule has 4 atom stereocenters. The molecule has 0 spiro atoms. The number of carbonyl (C=O) groups is 1. The van der Waals surface area contributed by atoms with E-state index in [2.05, 4.69) is 65.9 Å². The van der Waals surface area contributed by atoms with E-state index in [4.69, 9.17) is 9.53 Å². The third-order valence-corrected chi connectivity index (χ3v) is 12.3. The minimum Gasteiger partial charge on any atom is -0.481 e. The van der Waals surface area contributed by atoms with Crippen molar-refractivity contribution in [2.75, 3.05) is 0 Å². The van der Waals surface area contributed by atoms with E-state index in [1.54, 1.807) is 0 Å². The van der Waals surface area contributed by atoms with Gasteiger partial charge in [0.1, 0.15) is 0 Å². The molecule has 0 aromatic heterocycles. The summed E-state index contributed by atoms with van der Waals surface area (Å²) in [5.41, 5.74) is 1.38. The van der Waals surface area contributed by atoms with Crippen LogP contribution in [0.1, 0.15) is 105 Å². The molecule has 1 rings (SSSR count). The first-order valence-corrected chi connectivity index (χ1v) is 16.2. The molecule has 33 heavy (non-hydrogen) atoms. The molecule has 0 saturated heterocycles. The molecule has 0 fully saturated rings. The second kappa shape index (κ2) is 14.5. The maximum atomic E-state index is 10.6. The van der Waals surface area contributed by atoms with Crippen molar-refractivity contribution >= 4 is 14.3 Å². The Labute approximate surface area is 205 Å². The summed E-state index contributed by atoms with van der Waals surface area (Å²) in [6.07, 6.45) is 16.7. The fourth-order valence-electron chi connectivity index (χ4n) is 4.39. The third-order valence-electron chi connectivity index (χ3n) is 7.75. The molecule has 0 radical (unpaired) electrons. The average molecular weight is 481 g/mol. The van der Waals surface area contributed by atoms with Crippen molar-refractivity contribution in [2.45, 2.75) is 136 Å². The summed E-state index contributed by atoms with van der Waals surface area (Å²) in [7, 11) is -1.85. The monoisotopic (exact) mass is 480 g/mol. The van der Waals surface area contributed by atoms with Crippen LogP contribution < -0.4 is 0 Å². The number of unbranched alkanes of at least 4 members (excludes halogenated alkanes) is 3. The average Bonchev–Trinajstić information content (AvgIpc) is 3.06. The molecule has 0 saturated carbocycles. The van der Waals surface area contributed by atoms with Gasteiger partial charge in [-0.1, -0.05) is 77.7 Å². The Bertz CT molecular complexity index is 632. The van der Waals surface area contributed by atoms with Gasteiger partial charge in [0.05, 0.1) is 6.10 Å². The van der Waals surface area contributed by atoms with Crippen molar-refractivity contribution < 1.29 is 19.4 Å². The first-order chi connectivity index (χ1) is 15.4. The van der Waals surface area contributed by atoms with Crippen molar-refractivity contribution in [3.8, 4) is 0 Å². The normalized spacial score (nSPS) is 21.4. The molecule has 0 aromatic carbocycles. The molecular formula is C28H52O4Si. The van der Waals surface area contributed by atoms with E-state index in [0.717, 1.165) is 32.1 Å². The predicted octanol–water partition coefficient (Wildman–Crippen LogP) is 7.88. The smallest absolute Gasteiger partial charge is 0.303 e. The second-order valence-electron chi connectivity index (χ2n) is 11.6. The van der Waals surface area contributed by atoms with Crippen molar-refractivity contribution in [1.82, 2.24) is 0 Å². The van der Waals surface area contributed by atoms with Crippen LogP contribution in [0.4, 0.5) is 0 Å². The molecule has 192 valence electrons. The Morgan fingerprint density at radius 3 is 2.52 bits per heavy atom. The Balaban J connectivity index is 2.73. The van der Waals surface area contributed by atoms with Crippen molar-refractivity contribution in [1.29, 1.82) is 0 Å². The zero-order valence-electron chi connectivity index (χ0n) is 22.5. The van der Waals surface area contributed by atoms with Crippen LogP contribution in [0.3, 0.4) is 0 Å². The van der Waals surface area contributed by atoms with Crippen LogP contribution in [-0.2, 0) is 9.22 Å². The summed E-state index contributed by atoms with van der Waals surface area (Å²) in [5.74, 6) is -0.00643. The van der Waals surface area contributed by atoms with Gasteiger partial charge in [-0.05, 0) is 69.0 Å². The fourth-order valence-corrected chi connectivity index (χ4v) is 5.85. The topological polar surface area (TPSA) is 66.8 Å². The fraction of sp³-hybridized carbons (Fsp3) is 0.821. The summed E-state index contributed by atoms with van der Waals surface area (Å²) < 4.78 is 6.95. The summed E-state index contributed by atoms with van der Waals surface area (Å²) >= 11 is 0. The quantitative estimate of drug-likeness (QED) is 0.134. The van der Waals surface area contributed by atoms with E-state index in [9.17, 15) is 9.90 Å². The van der Waals surface area contributed by atoms with E-state index in [1.807, 2.05) is 0 Å². The van der Waals surface area contributed by atoms with Gasteiger partial charge in [0.25, 0.3) is 0 Å². The van der Waals surface area contributed by atoms with Gasteiger partial charge in [-0.25, -0.2) is 0 Å². The SMILES string of the molecule is CCCCCC(C)C(CCC1=CCC(O)[C@@H]1C/C=C\CCCC(=O)O)O[Si](C)(C)C(C)(C)C. The minimum atomic E-state index is -1.85. The van der Waals surface area contributed by atoms with Gasteiger partial charge in [0.2, 0.25) is 0 Å². The van der Waals surface area contributed by atoms with Gasteiger partial charge in [0.15, 0.2) is 8.32 Å². The number of aliphatic hydroxyl groups excluding tert-OH is 1. The lowest BCUT2D eigenvalue weighted by Crippen LogP contribution is -2.45. The van der Waals surface area contributed by atoms with Crippen molar-refractivity contribution in [3.05, 3.63) is 23.8 Å². The first kappa shape index (κ1) is 30.1. The highest BCUT2D eigenvalue weighted by atomic mass is 28.4. The van der Waals surface area contributed by atoms with Gasteiger partial charge in [-0.15, -0.1) is 0 Å². The molecule has 3 unspecified atom stereocenters. The van der Waals surface area contributed by atoms with Crippen LogP contribution >= 0.6 is 0 Å². The summed E-state index contributed by atoms with van der Waals surface area (Å²) in [4.78, 5) is 10.6. The highest BCUT2D eigenvalue weighted by molar-refractivity contribution is 6.74. The van der Waals surface area contributed by atoms with Gasteiger partial charge >= 0.3 is 5.97 Å². The van der Waals surface area contributed by atoms with Gasteiger partial charge < -0.3 is 14.6 Å². The van der Waals surface area contributed by atoms with Crippen molar-refractivity contribution in [3.63, 3.8) is 0 Å². The van der Waals surface area contributed by atoms with E-state index in [-0.39, 0.29) is 29.6 Å². The van der Waals surface area contributed by atoms with Crippen LogP contribution in [0.2, 0.25) is 18.1 Å². The van der Waals surface area contributed by atoms with Crippen LogP contribution in [0.5, 0.6) is 0 Å². The largest absolute Gasteiger partial charge is 0.481 e. The number of aliphatic carboxylic acids is 1. The predicted molar refractivity (Wildman–Crippen MR) is 142 cm³/mol. The lowest BCUT2D eigenvalue weighted by molar-refractivity contribution is -0.137. The summed E-state index contributed by atoms with van der Waals surface area (Å²) in [6.45, 7) is 16.3. The third kappa shape index (κ3) is 10.9. The maximum Gasteiger partial charge on any atom is 0.303 e. The molecular weight excluding hydrogens is 428 g/mol. The number of hydrogen-bond acceptors (Lipinski definition) is 3. The van der Waals surface area contributed by atoms with Crippen LogP contribution in [0.15, 0.2) is 23.8 Å². The Morgan fingerprint density at radius 2 is 1.91 bits per heavy atom. The van der Waals surface area contributed by atoms with E-state index in [0.29, 0.717) is 12.3 Å². The zero-order chi connectivity index (χ0) is 25.1. The highest BCUT2D eigenvalue weighted by Gasteiger charge is 2.40. The van der Waals surface area contributed by atoms with E-state index < -0.39 is 14.3 Å². The summed E-state index contributed by atoms with van der Waals surface area (Å²) in [6, 6.07) is 0. The molecule has 0 heterocycles. The van der Waals surface area contributed by atoms with Gasteiger partial charge in [-0.2, -0.15) is 0 Å². The van der Waals surface area contributed by atoms with Crippen LogP contribution in [0, 0.1) is 11.8 Å². The molecule has 1 aliphatic carbocycles. The standard InChI is InChI=1S/C28H52O4Si/c1-8-9-12-15-22(2)26(32-33(6,7)28(3,4)5)21-19-23-18-20-25(29)24(23)16-13-10-11-14-17-27(30)31/h10,13,18,22,24-26,29H,8-9,11-12,14-17,19-21H2,1-7H3,(H,30,31)/b13-10-/t22?,24-,25?,26?/m1/s1. The van der Waals surface area contributed by atoms with Crippen LogP contribution in [-0.4, -0.2) is 36.7 Å². The molecule has 0 amide bonds. The summed E-state index contributed by atoms with van der Waals surface area (Å²) in [5, 5.41) is 19.5. The minimum absolute atomic E-state index is 0.185. The maximum absolute atomic E-state index is 10.6. The lowest BCUT2D eigenvalue weighted by Gasteiger charge is -2.41. The Kier molecular flexibility index (Phi) is 13.2. The number of carboxylic acid groups (broad SMARTS) is 1. The number of rotatable bonds is 16. The molecule has 1 aliphatic rings. The molecule has 2 N–H and O–H groups in total. The number of aliphatic hydroxyl groups is 1. The molecule has 0 aromatic rings. The molecule has 5 heteroatoms. The number of carboxylic acids is 1.